The molecule has 2 aromatic carbocycles. The van der Waals surface area contributed by atoms with E-state index >= 15 is 0 Å². The third-order valence-corrected chi connectivity index (χ3v) is 2.35. The average molecular weight is 252 g/mol. The molecule has 0 aliphatic rings. The van der Waals surface area contributed by atoms with Gasteiger partial charge in [0.2, 0.25) is 0 Å². The van der Waals surface area contributed by atoms with Crippen LogP contribution in [0.2, 0.25) is 0 Å². The highest BCUT2D eigenvalue weighted by atomic mass is 16.5. The minimum Gasteiger partial charge on any atom is -0.497 e. The minimum atomic E-state index is -0.581. The fourth-order valence-corrected chi connectivity index (χ4v) is 1.42. The number of methoxy groups -OCH3 is 1. The van der Waals surface area contributed by atoms with E-state index in [9.17, 15) is 4.79 Å². The molecule has 0 atom stereocenters. The lowest BCUT2D eigenvalue weighted by Gasteiger charge is -1.98. The van der Waals surface area contributed by atoms with Crippen molar-refractivity contribution >= 4 is 5.97 Å². The highest BCUT2D eigenvalue weighted by molar-refractivity contribution is 5.90. The Morgan fingerprint density at radius 2 is 1.63 bits per heavy atom. The maximum atomic E-state index is 11.5. The summed E-state index contributed by atoms with van der Waals surface area (Å²) in [5.74, 6) is 5.82. The number of ether oxygens (including phenoxy) is 2. The van der Waals surface area contributed by atoms with Crippen LogP contribution in [0.4, 0.5) is 0 Å². The summed E-state index contributed by atoms with van der Waals surface area (Å²) in [5, 5.41) is 0. The quantitative estimate of drug-likeness (QED) is 0.468. The van der Waals surface area contributed by atoms with E-state index in [1.165, 1.54) is 0 Å². The molecule has 0 aliphatic carbocycles. The van der Waals surface area contributed by atoms with Gasteiger partial charge in [-0.25, -0.2) is 4.79 Å². The van der Waals surface area contributed by atoms with Crippen LogP contribution in [0.5, 0.6) is 11.5 Å². The molecule has 0 heterocycles. The van der Waals surface area contributed by atoms with Gasteiger partial charge in [-0.2, -0.15) is 0 Å². The molecule has 0 bridgehead atoms. The predicted octanol–water partition coefficient (Wildman–Crippen LogP) is 2.65. The third kappa shape index (κ3) is 3.90. The van der Waals surface area contributed by atoms with Crippen LogP contribution in [-0.2, 0) is 4.79 Å². The number of carbonyl (C=O) groups is 1. The maximum absolute atomic E-state index is 11.5. The largest absolute Gasteiger partial charge is 0.497 e. The van der Waals surface area contributed by atoms with E-state index in [-0.39, 0.29) is 0 Å². The zero-order valence-corrected chi connectivity index (χ0v) is 10.4. The van der Waals surface area contributed by atoms with Crippen molar-refractivity contribution in [3.05, 3.63) is 60.2 Å². The molecule has 94 valence electrons. The highest BCUT2D eigenvalue weighted by Crippen LogP contribution is 2.10. The Morgan fingerprint density at radius 1 is 0.947 bits per heavy atom. The number of benzene rings is 2. The normalized spacial score (nSPS) is 9.11. The van der Waals surface area contributed by atoms with Crippen molar-refractivity contribution in [2.24, 2.45) is 0 Å². The number of para-hydroxylation sites is 1. The summed E-state index contributed by atoms with van der Waals surface area (Å²) in [4.78, 5) is 11.5. The molecular formula is C16H12O3. The Hall–Kier alpha value is -2.73. The van der Waals surface area contributed by atoms with Gasteiger partial charge >= 0.3 is 5.97 Å². The molecule has 0 aliphatic heterocycles. The topological polar surface area (TPSA) is 35.5 Å². The van der Waals surface area contributed by atoms with Gasteiger partial charge in [0.05, 0.1) is 7.11 Å². The van der Waals surface area contributed by atoms with E-state index < -0.39 is 5.97 Å². The first-order valence-electron chi connectivity index (χ1n) is 5.71. The van der Waals surface area contributed by atoms with Crippen LogP contribution >= 0.6 is 0 Å². The second kappa shape index (κ2) is 6.27. The first kappa shape index (κ1) is 12.7. The van der Waals surface area contributed by atoms with Crippen LogP contribution in [0.15, 0.2) is 54.6 Å². The summed E-state index contributed by atoms with van der Waals surface area (Å²) in [7, 11) is 1.60. The SMILES string of the molecule is COc1ccc(C#CC(=O)Oc2ccccc2)cc1. The van der Waals surface area contributed by atoms with Gasteiger partial charge in [0, 0.05) is 11.5 Å². The smallest absolute Gasteiger partial charge is 0.390 e. The summed E-state index contributed by atoms with van der Waals surface area (Å²) in [5.41, 5.74) is 0.728. The molecule has 19 heavy (non-hydrogen) atoms. The Labute approximate surface area is 111 Å². The predicted molar refractivity (Wildman–Crippen MR) is 71.9 cm³/mol. The Kier molecular flexibility index (Phi) is 4.20. The molecule has 0 amide bonds. The summed E-state index contributed by atoms with van der Waals surface area (Å²) >= 11 is 0. The molecule has 0 saturated carbocycles. The van der Waals surface area contributed by atoms with Crippen LogP contribution in [0.25, 0.3) is 0 Å². The van der Waals surface area contributed by atoms with Crippen molar-refractivity contribution in [2.75, 3.05) is 7.11 Å². The van der Waals surface area contributed by atoms with Crippen molar-refractivity contribution < 1.29 is 14.3 Å². The molecule has 0 N–H and O–H groups in total. The zero-order chi connectivity index (χ0) is 13.5. The summed E-state index contributed by atoms with van der Waals surface area (Å²) in [6, 6.07) is 16.0. The maximum Gasteiger partial charge on any atom is 0.390 e. The Balaban J connectivity index is 2.00. The lowest BCUT2D eigenvalue weighted by atomic mass is 10.2. The number of hydrogen-bond acceptors (Lipinski definition) is 3. The van der Waals surface area contributed by atoms with E-state index in [1.54, 1.807) is 55.6 Å². The van der Waals surface area contributed by atoms with Crippen LogP contribution in [0, 0.1) is 11.8 Å². The molecule has 2 aromatic rings. The molecule has 0 unspecified atom stereocenters. The van der Waals surface area contributed by atoms with Gasteiger partial charge in [-0.3, -0.25) is 0 Å². The van der Waals surface area contributed by atoms with Crippen LogP contribution < -0.4 is 9.47 Å². The van der Waals surface area contributed by atoms with Gasteiger partial charge in [0.15, 0.2) is 0 Å². The molecule has 3 nitrogen and oxygen atoms in total. The van der Waals surface area contributed by atoms with Crippen molar-refractivity contribution in [1.82, 2.24) is 0 Å². The van der Waals surface area contributed by atoms with Gasteiger partial charge < -0.3 is 9.47 Å². The Bertz CT molecular complexity index is 604. The van der Waals surface area contributed by atoms with Gasteiger partial charge in [0.25, 0.3) is 0 Å². The van der Waals surface area contributed by atoms with E-state index in [0.29, 0.717) is 5.75 Å². The molecule has 0 saturated heterocycles. The Morgan fingerprint density at radius 3 is 2.26 bits per heavy atom. The van der Waals surface area contributed by atoms with Crippen LogP contribution in [0.3, 0.4) is 0 Å². The van der Waals surface area contributed by atoms with Crippen molar-refractivity contribution in [2.45, 2.75) is 0 Å². The molecule has 3 heteroatoms. The average Bonchev–Trinajstić information content (AvgIpc) is 2.47. The molecular weight excluding hydrogens is 240 g/mol. The molecule has 0 radical (unpaired) electrons. The van der Waals surface area contributed by atoms with E-state index in [0.717, 1.165) is 11.3 Å². The zero-order valence-electron chi connectivity index (χ0n) is 10.4. The van der Waals surface area contributed by atoms with Crippen molar-refractivity contribution in [1.29, 1.82) is 0 Å². The summed E-state index contributed by atoms with van der Waals surface area (Å²) in [6.07, 6.45) is 0. The van der Waals surface area contributed by atoms with Crippen molar-refractivity contribution in [3.63, 3.8) is 0 Å². The van der Waals surface area contributed by atoms with Gasteiger partial charge in [-0.15, -0.1) is 0 Å². The second-order valence-electron chi connectivity index (χ2n) is 3.68. The third-order valence-electron chi connectivity index (χ3n) is 2.35. The van der Waals surface area contributed by atoms with Gasteiger partial charge in [0.1, 0.15) is 11.5 Å². The number of esters is 1. The number of hydrogen-bond donors (Lipinski definition) is 0. The van der Waals surface area contributed by atoms with E-state index in [4.69, 9.17) is 9.47 Å². The molecule has 0 fully saturated rings. The second-order valence-corrected chi connectivity index (χ2v) is 3.68. The van der Waals surface area contributed by atoms with Crippen LogP contribution in [0.1, 0.15) is 5.56 Å². The minimum absolute atomic E-state index is 0.483. The van der Waals surface area contributed by atoms with Gasteiger partial charge in [-0.1, -0.05) is 24.1 Å². The molecule has 2 rings (SSSR count). The standard InChI is InChI=1S/C16H12O3/c1-18-14-10-7-13(8-11-14)9-12-16(17)19-15-5-3-2-4-6-15/h2-8,10-11H,1H3. The van der Waals surface area contributed by atoms with E-state index in [2.05, 4.69) is 11.8 Å². The van der Waals surface area contributed by atoms with E-state index in [1.807, 2.05) is 6.07 Å². The van der Waals surface area contributed by atoms with Crippen LogP contribution in [-0.4, -0.2) is 13.1 Å². The first-order chi connectivity index (χ1) is 9.28. The fourth-order valence-electron chi connectivity index (χ4n) is 1.42. The highest BCUT2D eigenvalue weighted by Gasteiger charge is 1.99. The number of carbonyl (C=O) groups excluding carboxylic acids is 1. The monoisotopic (exact) mass is 252 g/mol. The lowest BCUT2D eigenvalue weighted by molar-refractivity contribution is -0.128. The molecule has 0 aromatic heterocycles. The summed E-state index contributed by atoms with van der Waals surface area (Å²) < 4.78 is 10.1. The first-order valence-corrected chi connectivity index (χ1v) is 5.71. The summed E-state index contributed by atoms with van der Waals surface area (Å²) in [6.45, 7) is 0. The van der Waals surface area contributed by atoms with Gasteiger partial charge in [-0.05, 0) is 36.4 Å². The lowest BCUT2D eigenvalue weighted by Crippen LogP contribution is -2.04. The fraction of sp³-hybridized carbons (Fsp3) is 0.0625. The van der Waals surface area contributed by atoms with Crippen molar-refractivity contribution in [3.8, 4) is 23.3 Å². The number of rotatable bonds is 2. The molecule has 0 spiro atoms.